The molecule has 150 valence electrons. The van der Waals surface area contributed by atoms with Crippen LogP contribution in [0.1, 0.15) is 27.9 Å². The maximum absolute atomic E-state index is 13.1. The Balaban J connectivity index is 2.01. The van der Waals surface area contributed by atoms with E-state index >= 15 is 0 Å². The number of alkyl halides is 3. The maximum Gasteiger partial charge on any atom is 0.416 e. The van der Waals surface area contributed by atoms with Gasteiger partial charge in [-0.1, -0.05) is 0 Å². The lowest BCUT2D eigenvalue weighted by atomic mass is 9.98. The predicted molar refractivity (Wildman–Crippen MR) is 97.5 cm³/mol. The van der Waals surface area contributed by atoms with E-state index in [9.17, 15) is 18.0 Å². The number of halogens is 3. The van der Waals surface area contributed by atoms with E-state index in [2.05, 4.69) is 0 Å². The Bertz CT molecular complexity index is 871. The highest BCUT2D eigenvalue weighted by molar-refractivity contribution is 6.07. The summed E-state index contributed by atoms with van der Waals surface area (Å²) >= 11 is 0. The first-order valence-corrected chi connectivity index (χ1v) is 8.62. The van der Waals surface area contributed by atoms with Crippen molar-refractivity contribution < 1.29 is 32.2 Å². The molecule has 28 heavy (non-hydrogen) atoms. The summed E-state index contributed by atoms with van der Waals surface area (Å²) in [4.78, 5) is 14.6. The molecule has 0 fully saturated rings. The first-order chi connectivity index (χ1) is 13.3. The number of ether oxygens (including phenoxy) is 3. The Kier molecular flexibility index (Phi) is 5.40. The Morgan fingerprint density at radius 2 is 1.64 bits per heavy atom. The molecule has 1 heterocycles. The fourth-order valence-corrected chi connectivity index (χ4v) is 3.34. The molecule has 8 heteroatoms. The summed E-state index contributed by atoms with van der Waals surface area (Å²) in [6.07, 6.45) is -3.36. The number of rotatable bonds is 4. The van der Waals surface area contributed by atoms with Gasteiger partial charge in [-0.15, -0.1) is 0 Å². The van der Waals surface area contributed by atoms with Crippen molar-refractivity contribution in [3.63, 3.8) is 0 Å². The third-order valence-corrected chi connectivity index (χ3v) is 4.68. The highest BCUT2D eigenvalue weighted by Crippen LogP contribution is 2.40. The number of carbonyl (C=O) groups excluding carboxylic acids is 1. The zero-order valence-electron chi connectivity index (χ0n) is 15.7. The van der Waals surface area contributed by atoms with E-state index in [1.165, 1.54) is 44.4 Å². The lowest BCUT2D eigenvalue weighted by Gasteiger charge is -2.30. The van der Waals surface area contributed by atoms with Crippen LogP contribution >= 0.6 is 0 Å². The number of anilines is 1. The second-order valence-electron chi connectivity index (χ2n) is 6.32. The molecule has 1 aliphatic heterocycles. The zero-order chi connectivity index (χ0) is 20.5. The quantitative estimate of drug-likeness (QED) is 0.774. The first kappa shape index (κ1) is 19.9. The average Bonchev–Trinajstić information content (AvgIpc) is 2.70. The molecule has 0 atom stereocenters. The summed E-state index contributed by atoms with van der Waals surface area (Å²) in [5.74, 6) is 0.667. The number of hydrogen-bond acceptors (Lipinski definition) is 4. The van der Waals surface area contributed by atoms with E-state index in [4.69, 9.17) is 14.2 Å². The van der Waals surface area contributed by atoms with Crippen molar-refractivity contribution in [3.8, 4) is 17.2 Å². The van der Waals surface area contributed by atoms with E-state index in [0.29, 0.717) is 53.4 Å². The molecule has 3 rings (SSSR count). The van der Waals surface area contributed by atoms with Gasteiger partial charge in [0.1, 0.15) is 0 Å². The van der Waals surface area contributed by atoms with E-state index < -0.39 is 11.7 Å². The van der Waals surface area contributed by atoms with Crippen LogP contribution < -0.4 is 19.1 Å². The Labute approximate surface area is 160 Å². The number of aryl methyl sites for hydroxylation is 1. The molecule has 0 aliphatic carbocycles. The maximum atomic E-state index is 13.1. The van der Waals surface area contributed by atoms with Gasteiger partial charge in [0, 0.05) is 17.8 Å². The van der Waals surface area contributed by atoms with E-state index in [1.54, 1.807) is 0 Å². The Morgan fingerprint density at radius 3 is 2.18 bits per heavy atom. The summed E-state index contributed by atoms with van der Waals surface area (Å²) in [6.45, 7) is 0.411. The van der Waals surface area contributed by atoms with Crippen LogP contribution in [0.2, 0.25) is 0 Å². The number of nitrogens with zero attached hydrogens (tertiary/aromatic N) is 1. The largest absolute Gasteiger partial charge is 0.493 e. The normalized spacial score (nSPS) is 13.7. The molecule has 0 bridgehead atoms. The van der Waals surface area contributed by atoms with Crippen LogP contribution in [-0.4, -0.2) is 33.8 Å². The molecule has 0 unspecified atom stereocenters. The van der Waals surface area contributed by atoms with Gasteiger partial charge in [0.25, 0.3) is 5.91 Å². The van der Waals surface area contributed by atoms with Crippen molar-refractivity contribution in [1.29, 1.82) is 0 Å². The Morgan fingerprint density at radius 1 is 1.00 bits per heavy atom. The number of hydrogen-bond donors (Lipinski definition) is 0. The highest BCUT2D eigenvalue weighted by atomic mass is 19.4. The van der Waals surface area contributed by atoms with Crippen molar-refractivity contribution in [2.75, 3.05) is 32.8 Å². The van der Waals surface area contributed by atoms with Crippen LogP contribution in [0.25, 0.3) is 0 Å². The van der Waals surface area contributed by atoms with Crippen LogP contribution in [0.3, 0.4) is 0 Å². The fraction of sp³-hybridized carbons (Fsp3) is 0.350. The van der Waals surface area contributed by atoms with E-state index in [1.807, 2.05) is 0 Å². The van der Waals surface area contributed by atoms with Crippen LogP contribution in [-0.2, 0) is 12.6 Å². The minimum atomic E-state index is -4.42. The van der Waals surface area contributed by atoms with Gasteiger partial charge >= 0.3 is 6.18 Å². The first-order valence-electron chi connectivity index (χ1n) is 8.62. The van der Waals surface area contributed by atoms with Crippen molar-refractivity contribution in [2.24, 2.45) is 0 Å². The van der Waals surface area contributed by atoms with Crippen LogP contribution in [0.5, 0.6) is 17.2 Å². The van der Waals surface area contributed by atoms with Gasteiger partial charge in [0.2, 0.25) is 5.75 Å². The molecular formula is C20H20F3NO4. The highest BCUT2D eigenvalue weighted by Gasteiger charge is 2.33. The zero-order valence-corrected chi connectivity index (χ0v) is 15.7. The SMILES string of the molecule is COc1cc(C(=O)N2CCCc3cc(C(F)(F)F)ccc32)cc(OC)c1OC. The topological polar surface area (TPSA) is 48.0 Å². The van der Waals surface area contributed by atoms with Crippen molar-refractivity contribution >= 4 is 11.6 Å². The average molecular weight is 395 g/mol. The molecule has 0 saturated carbocycles. The van der Waals surface area contributed by atoms with Crippen molar-refractivity contribution in [2.45, 2.75) is 19.0 Å². The molecule has 2 aromatic rings. The summed E-state index contributed by atoms with van der Waals surface area (Å²) < 4.78 is 54.8. The monoisotopic (exact) mass is 395 g/mol. The molecule has 5 nitrogen and oxygen atoms in total. The molecule has 0 N–H and O–H groups in total. The smallest absolute Gasteiger partial charge is 0.416 e. The van der Waals surface area contributed by atoms with Crippen LogP contribution in [0, 0.1) is 0 Å². The van der Waals surface area contributed by atoms with Crippen molar-refractivity contribution in [3.05, 3.63) is 47.0 Å². The predicted octanol–water partition coefficient (Wildman–Crippen LogP) is 4.32. The minimum Gasteiger partial charge on any atom is -0.493 e. The summed E-state index contributed by atoms with van der Waals surface area (Å²) in [5, 5.41) is 0. The molecule has 1 aliphatic rings. The second kappa shape index (κ2) is 7.61. The third kappa shape index (κ3) is 3.58. The van der Waals surface area contributed by atoms with Gasteiger partial charge in [-0.05, 0) is 48.7 Å². The van der Waals surface area contributed by atoms with Gasteiger partial charge in [-0.2, -0.15) is 13.2 Å². The van der Waals surface area contributed by atoms with Gasteiger partial charge in [-0.3, -0.25) is 4.79 Å². The van der Waals surface area contributed by atoms with Gasteiger partial charge in [0.05, 0.1) is 26.9 Å². The molecule has 1 amide bonds. The van der Waals surface area contributed by atoms with E-state index in [-0.39, 0.29) is 5.91 Å². The van der Waals surface area contributed by atoms with E-state index in [0.717, 1.165) is 12.1 Å². The summed E-state index contributed by atoms with van der Waals surface area (Å²) in [6, 6.07) is 6.53. The van der Waals surface area contributed by atoms with Gasteiger partial charge < -0.3 is 19.1 Å². The lowest BCUT2D eigenvalue weighted by Crippen LogP contribution is -2.35. The van der Waals surface area contributed by atoms with Gasteiger partial charge in [0.15, 0.2) is 11.5 Å². The Hall–Kier alpha value is -2.90. The van der Waals surface area contributed by atoms with Crippen molar-refractivity contribution in [1.82, 2.24) is 0 Å². The summed E-state index contributed by atoms with van der Waals surface area (Å²) in [5.41, 5.74) is 0.565. The molecular weight excluding hydrogens is 375 g/mol. The standard InChI is InChI=1S/C20H20F3NO4/c1-26-16-10-13(11-17(27-2)18(16)28-3)19(25)24-8-4-5-12-9-14(20(21,22)23)6-7-15(12)24/h6-7,9-11H,4-5,8H2,1-3H3. The number of fused-ring (bicyclic) bond motifs is 1. The van der Waals surface area contributed by atoms with Gasteiger partial charge in [-0.25, -0.2) is 0 Å². The molecule has 0 saturated heterocycles. The summed E-state index contributed by atoms with van der Waals surface area (Å²) in [7, 11) is 4.35. The number of methoxy groups -OCH3 is 3. The third-order valence-electron chi connectivity index (χ3n) is 4.68. The fourth-order valence-electron chi connectivity index (χ4n) is 3.34. The minimum absolute atomic E-state index is 0.294. The lowest BCUT2D eigenvalue weighted by molar-refractivity contribution is -0.137. The molecule has 2 aromatic carbocycles. The van der Waals surface area contributed by atoms with Crippen LogP contribution in [0.4, 0.5) is 18.9 Å². The molecule has 0 spiro atoms. The number of carbonyl (C=O) groups is 1. The number of amides is 1. The number of benzene rings is 2. The second-order valence-corrected chi connectivity index (χ2v) is 6.32. The van der Waals surface area contributed by atoms with Crippen LogP contribution in [0.15, 0.2) is 30.3 Å². The molecule has 0 aromatic heterocycles. The molecule has 0 radical (unpaired) electrons.